The highest BCUT2D eigenvalue weighted by Crippen LogP contribution is 2.33. The maximum absolute atomic E-state index is 12.5. The van der Waals surface area contributed by atoms with Crippen molar-refractivity contribution < 1.29 is 13.2 Å². The van der Waals surface area contributed by atoms with Crippen molar-refractivity contribution >= 4 is 33.2 Å². The third kappa shape index (κ3) is 3.81. The molecule has 2 atom stereocenters. The number of hydrogen-bond acceptors (Lipinski definition) is 4. The summed E-state index contributed by atoms with van der Waals surface area (Å²) in [4.78, 5) is -0.0271. The van der Waals surface area contributed by atoms with Gasteiger partial charge in [0.2, 0.25) is 10.0 Å². The number of benzene rings is 1. The molecule has 8 heteroatoms. The van der Waals surface area contributed by atoms with Gasteiger partial charge >= 0.3 is 0 Å². The second-order valence-electron chi connectivity index (χ2n) is 5.12. The number of rotatable bonds is 4. The Kier molecular flexibility index (Phi) is 5.38. The zero-order valence-electron chi connectivity index (χ0n) is 11.8. The van der Waals surface area contributed by atoms with Crippen molar-refractivity contribution in [3.8, 4) is 5.75 Å². The van der Waals surface area contributed by atoms with E-state index in [0.29, 0.717) is 5.75 Å². The number of methoxy groups -OCH3 is 1. The van der Waals surface area contributed by atoms with E-state index in [1.807, 2.05) is 6.92 Å². The van der Waals surface area contributed by atoms with Gasteiger partial charge in [0, 0.05) is 12.1 Å². The predicted octanol–water partition coefficient (Wildman–Crippen LogP) is 2.28. The average Bonchev–Trinajstić information content (AvgIpc) is 2.43. The molecule has 1 aliphatic heterocycles. The molecule has 2 rings (SSSR count). The molecule has 0 radical (unpaired) electrons. The van der Waals surface area contributed by atoms with Gasteiger partial charge in [-0.25, -0.2) is 13.1 Å². The monoisotopic (exact) mass is 352 g/mol. The van der Waals surface area contributed by atoms with Crippen molar-refractivity contribution in [1.82, 2.24) is 10.0 Å². The van der Waals surface area contributed by atoms with Crippen LogP contribution in [0.3, 0.4) is 0 Å². The molecule has 1 fully saturated rings. The van der Waals surface area contributed by atoms with E-state index in [9.17, 15) is 8.42 Å². The smallest absolute Gasteiger partial charge is 0.242 e. The van der Waals surface area contributed by atoms with Crippen molar-refractivity contribution in [2.45, 2.75) is 24.3 Å². The fourth-order valence-electron chi connectivity index (χ4n) is 2.32. The van der Waals surface area contributed by atoms with Crippen LogP contribution in [0, 0.1) is 5.92 Å². The Hall–Kier alpha value is -0.530. The van der Waals surface area contributed by atoms with Crippen molar-refractivity contribution in [1.29, 1.82) is 0 Å². The van der Waals surface area contributed by atoms with Crippen molar-refractivity contribution in [3.63, 3.8) is 0 Å². The van der Waals surface area contributed by atoms with Crippen LogP contribution in [0.4, 0.5) is 0 Å². The number of hydrogen-bond donors (Lipinski definition) is 2. The Morgan fingerprint density at radius 2 is 2.05 bits per heavy atom. The average molecular weight is 353 g/mol. The molecule has 0 amide bonds. The van der Waals surface area contributed by atoms with Crippen LogP contribution in [-0.4, -0.2) is 34.7 Å². The van der Waals surface area contributed by atoms with E-state index in [0.717, 1.165) is 19.5 Å². The van der Waals surface area contributed by atoms with Gasteiger partial charge in [-0.3, -0.25) is 0 Å². The fourth-order valence-corrected chi connectivity index (χ4v) is 4.55. The van der Waals surface area contributed by atoms with E-state index < -0.39 is 10.0 Å². The summed E-state index contributed by atoms with van der Waals surface area (Å²) in [7, 11) is -2.28. The van der Waals surface area contributed by atoms with Crippen LogP contribution in [0.2, 0.25) is 10.0 Å². The lowest BCUT2D eigenvalue weighted by atomic mass is 9.97. The first-order valence-electron chi connectivity index (χ1n) is 6.61. The largest absolute Gasteiger partial charge is 0.495 e. The third-order valence-electron chi connectivity index (χ3n) is 3.59. The molecule has 0 aromatic heterocycles. The summed E-state index contributed by atoms with van der Waals surface area (Å²) in [6.07, 6.45) is 0.738. The van der Waals surface area contributed by atoms with Gasteiger partial charge in [0.15, 0.2) is 0 Å². The van der Waals surface area contributed by atoms with Crippen LogP contribution >= 0.6 is 23.2 Å². The molecule has 0 aliphatic carbocycles. The quantitative estimate of drug-likeness (QED) is 0.872. The maximum Gasteiger partial charge on any atom is 0.242 e. The van der Waals surface area contributed by atoms with Gasteiger partial charge in [0.25, 0.3) is 0 Å². The lowest BCUT2D eigenvalue weighted by Crippen LogP contribution is -2.48. The van der Waals surface area contributed by atoms with E-state index in [2.05, 4.69) is 10.0 Å². The molecule has 0 bridgehead atoms. The summed E-state index contributed by atoms with van der Waals surface area (Å²) in [5.74, 6) is 0.553. The molecule has 0 spiro atoms. The minimum atomic E-state index is -3.72. The molecule has 1 heterocycles. The van der Waals surface area contributed by atoms with Gasteiger partial charge in [0.05, 0.1) is 17.2 Å². The Morgan fingerprint density at radius 1 is 1.33 bits per heavy atom. The molecule has 2 N–H and O–H groups in total. The van der Waals surface area contributed by atoms with Crippen LogP contribution < -0.4 is 14.8 Å². The SMILES string of the molecule is COc1cc(Cl)c(S(=O)(=O)N[C@H]2CCNC[C@H]2C)cc1Cl. The van der Waals surface area contributed by atoms with Gasteiger partial charge in [-0.15, -0.1) is 0 Å². The first kappa shape index (κ1) is 16.8. The molecular weight excluding hydrogens is 335 g/mol. The van der Waals surface area contributed by atoms with Crippen molar-refractivity contribution in [3.05, 3.63) is 22.2 Å². The molecule has 1 aromatic rings. The van der Waals surface area contributed by atoms with Gasteiger partial charge in [-0.05, 0) is 31.5 Å². The van der Waals surface area contributed by atoms with E-state index in [-0.39, 0.29) is 26.9 Å². The van der Waals surface area contributed by atoms with E-state index >= 15 is 0 Å². The summed E-state index contributed by atoms with van der Waals surface area (Å²) in [6.45, 7) is 3.57. The Balaban J connectivity index is 2.29. The minimum absolute atomic E-state index is 0.0271. The van der Waals surface area contributed by atoms with Gasteiger partial charge in [0.1, 0.15) is 10.6 Å². The van der Waals surface area contributed by atoms with Crippen molar-refractivity contribution in [2.75, 3.05) is 20.2 Å². The molecular formula is C13H18Cl2N2O3S. The molecule has 1 saturated heterocycles. The van der Waals surface area contributed by atoms with E-state index in [1.54, 1.807) is 0 Å². The second-order valence-corrected chi connectivity index (χ2v) is 7.61. The summed E-state index contributed by atoms with van der Waals surface area (Å²) >= 11 is 12.0. The summed E-state index contributed by atoms with van der Waals surface area (Å²) in [5.41, 5.74) is 0. The van der Waals surface area contributed by atoms with Gasteiger partial charge in [-0.2, -0.15) is 0 Å². The first-order chi connectivity index (χ1) is 9.85. The van der Waals surface area contributed by atoms with Crippen LogP contribution in [0.15, 0.2) is 17.0 Å². The highest BCUT2D eigenvalue weighted by molar-refractivity contribution is 7.89. The first-order valence-corrected chi connectivity index (χ1v) is 8.85. The normalized spacial score (nSPS) is 23.0. The highest BCUT2D eigenvalue weighted by atomic mass is 35.5. The highest BCUT2D eigenvalue weighted by Gasteiger charge is 2.28. The van der Waals surface area contributed by atoms with E-state index in [4.69, 9.17) is 27.9 Å². The topological polar surface area (TPSA) is 67.4 Å². The number of piperidine rings is 1. The summed E-state index contributed by atoms with van der Waals surface area (Å²) < 4.78 is 32.7. The summed E-state index contributed by atoms with van der Waals surface area (Å²) in [6, 6.07) is 2.61. The second kappa shape index (κ2) is 6.71. The zero-order valence-corrected chi connectivity index (χ0v) is 14.1. The molecule has 0 unspecified atom stereocenters. The van der Waals surface area contributed by atoms with Gasteiger partial charge in [-0.1, -0.05) is 30.1 Å². The lowest BCUT2D eigenvalue weighted by molar-refractivity contribution is 0.328. The molecule has 1 aliphatic rings. The zero-order chi connectivity index (χ0) is 15.6. The molecule has 1 aromatic carbocycles. The van der Waals surface area contributed by atoms with Crippen LogP contribution in [0.5, 0.6) is 5.75 Å². The predicted molar refractivity (Wildman–Crippen MR) is 83.8 cm³/mol. The summed E-state index contributed by atoms with van der Waals surface area (Å²) in [5, 5.41) is 3.52. The van der Waals surface area contributed by atoms with Crippen LogP contribution in [0.25, 0.3) is 0 Å². The fraction of sp³-hybridized carbons (Fsp3) is 0.538. The van der Waals surface area contributed by atoms with Crippen LogP contribution in [0.1, 0.15) is 13.3 Å². The number of sulfonamides is 1. The van der Waals surface area contributed by atoms with Crippen LogP contribution in [-0.2, 0) is 10.0 Å². The lowest BCUT2D eigenvalue weighted by Gasteiger charge is -2.30. The number of halogens is 2. The minimum Gasteiger partial charge on any atom is -0.495 e. The Morgan fingerprint density at radius 3 is 2.67 bits per heavy atom. The third-order valence-corrected chi connectivity index (χ3v) is 5.84. The van der Waals surface area contributed by atoms with Gasteiger partial charge < -0.3 is 10.1 Å². The number of ether oxygens (including phenoxy) is 1. The molecule has 21 heavy (non-hydrogen) atoms. The Labute approximate surface area is 135 Å². The number of nitrogens with one attached hydrogen (secondary N) is 2. The van der Waals surface area contributed by atoms with Crippen molar-refractivity contribution in [2.24, 2.45) is 5.92 Å². The maximum atomic E-state index is 12.5. The molecule has 5 nitrogen and oxygen atoms in total. The molecule has 118 valence electrons. The standard InChI is InChI=1S/C13H18Cl2N2O3S/c1-8-7-16-4-3-11(8)17-21(18,19)13-6-9(14)12(20-2)5-10(13)15/h5-6,8,11,16-17H,3-4,7H2,1-2H3/t8-,11+/m1/s1. The Bertz CT molecular complexity index is 622. The van der Waals surface area contributed by atoms with E-state index in [1.165, 1.54) is 19.2 Å². The molecule has 0 saturated carbocycles.